The molecule has 128 valence electrons. The molecule has 1 aromatic rings. The molecule has 0 spiro atoms. The fourth-order valence-electron chi connectivity index (χ4n) is 3.05. The van der Waals surface area contributed by atoms with E-state index in [2.05, 4.69) is 13.8 Å². The molecule has 0 radical (unpaired) electrons. The van der Waals surface area contributed by atoms with E-state index in [1.165, 1.54) is 31.2 Å². The van der Waals surface area contributed by atoms with Crippen LogP contribution in [0.3, 0.4) is 0 Å². The minimum atomic E-state index is -0.388. The molecular weight excluding hydrogens is 288 g/mol. The molecule has 0 bridgehead atoms. The lowest BCUT2D eigenvalue weighted by Crippen LogP contribution is -2.22. The Hall–Kier alpha value is -1.35. The van der Waals surface area contributed by atoms with Crippen LogP contribution in [0.2, 0.25) is 0 Å². The van der Waals surface area contributed by atoms with Crippen molar-refractivity contribution in [1.29, 1.82) is 0 Å². The molecule has 1 fully saturated rings. The maximum absolute atomic E-state index is 12.0. The molecule has 3 heteroatoms. The average molecular weight is 318 g/mol. The SMILES string of the molecule is CCCCCCc1ccc(C(=O)OOC2CCC(C)CC2)cc1. The summed E-state index contributed by atoms with van der Waals surface area (Å²) in [4.78, 5) is 22.4. The molecule has 3 nitrogen and oxygen atoms in total. The van der Waals surface area contributed by atoms with Crippen LogP contribution in [0.15, 0.2) is 24.3 Å². The number of rotatable bonds is 8. The normalized spacial score (nSPS) is 21.1. The van der Waals surface area contributed by atoms with Gasteiger partial charge in [0.25, 0.3) is 0 Å². The van der Waals surface area contributed by atoms with Crippen molar-refractivity contribution >= 4 is 5.97 Å². The Morgan fingerprint density at radius 2 is 1.74 bits per heavy atom. The molecule has 1 aromatic carbocycles. The first-order valence-electron chi connectivity index (χ1n) is 9.15. The second-order valence-corrected chi connectivity index (χ2v) is 6.86. The van der Waals surface area contributed by atoms with E-state index >= 15 is 0 Å². The third kappa shape index (κ3) is 6.34. The number of hydrogen-bond acceptors (Lipinski definition) is 3. The molecule has 0 aromatic heterocycles. The van der Waals surface area contributed by atoms with E-state index in [1.54, 1.807) is 0 Å². The third-order valence-corrected chi connectivity index (χ3v) is 4.73. The van der Waals surface area contributed by atoms with Crippen LogP contribution in [-0.4, -0.2) is 12.1 Å². The standard InChI is InChI=1S/C20H30O3/c1-3-4-5-6-7-17-10-12-18(13-11-17)20(21)23-22-19-14-8-16(2)9-15-19/h10-13,16,19H,3-9,14-15H2,1-2H3. The predicted molar refractivity (Wildman–Crippen MR) is 92.2 cm³/mol. The number of carbonyl (C=O) groups excluding carboxylic acids is 1. The van der Waals surface area contributed by atoms with Gasteiger partial charge in [0, 0.05) is 0 Å². The molecule has 1 aliphatic carbocycles. The summed E-state index contributed by atoms with van der Waals surface area (Å²) in [5, 5.41) is 0. The van der Waals surface area contributed by atoms with Gasteiger partial charge in [0.2, 0.25) is 0 Å². The zero-order chi connectivity index (χ0) is 16.5. The Balaban J connectivity index is 1.72. The highest BCUT2D eigenvalue weighted by atomic mass is 17.2. The molecule has 0 atom stereocenters. The van der Waals surface area contributed by atoms with Crippen molar-refractivity contribution in [3.8, 4) is 0 Å². The van der Waals surface area contributed by atoms with Gasteiger partial charge in [-0.25, -0.2) is 4.79 Å². The van der Waals surface area contributed by atoms with Crippen molar-refractivity contribution in [3.05, 3.63) is 35.4 Å². The summed E-state index contributed by atoms with van der Waals surface area (Å²) >= 11 is 0. The van der Waals surface area contributed by atoms with Gasteiger partial charge >= 0.3 is 5.97 Å². The van der Waals surface area contributed by atoms with E-state index in [4.69, 9.17) is 9.78 Å². The third-order valence-electron chi connectivity index (χ3n) is 4.73. The molecule has 0 saturated heterocycles. The van der Waals surface area contributed by atoms with E-state index in [1.807, 2.05) is 24.3 Å². The Kier molecular flexibility index (Phi) is 7.60. The number of aryl methyl sites for hydroxylation is 1. The number of unbranched alkanes of at least 4 members (excludes halogenated alkanes) is 3. The van der Waals surface area contributed by atoms with Crippen molar-refractivity contribution in [2.24, 2.45) is 5.92 Å². The Labute approximate surface area is 140 Å². The van der Waals surface area contributed by atoms with Crippen molar-refractivity contribution in [1.82, 2.24) is 0 Å². The fourth-order valence-corrected chi connectivity index (χ4v) is 3.05. The molecule has 1 saturated carbocycles. The molecule has 0 aliphatic heterocycles. The molecule has 23 heavy (non-hydrogen) atoms. The second kappa shape index (κ2) is 9.71. The lowest BCUT2D eigenvalue weighted by molar-refractivity contribution is -0.280. The van der Waals surface area contributed by atoms with Gasteiger partial charge < -0.3 is 0 Å². The van der Waals surface area contributed by atoms with E-state index in [-0.39, 0.29) is 12.1 Å². The topological polar surface area (TPSA) is 35.5 Å². The Morgan fingerprint density at radius 1 is 1.04 bits per heavy atom. The summed E-state index contributed by atoms with van der Waals surface area (Å²) in [6, 6.07) is 7.71. The Morgan fingerprint density at radius 3 is 2.39 bits per heavy atom. The van der Waals surface area contributed by atoms with Crippen LogP contribution in [0, 0.1) is 5.92 Å². The molecule has 0 heterocycles. The highest BCUT2D eigenvalue weighted by Crippen LogP contribution is 2.25. The molecule has 1 aliphatic rings. The smallest absolute Gasteiger partial charge is 0.293 e. The Bertz CT molecular complexity index is 458. The maximum atomic E-state index is 12.0. The van der Waals surface area contributed by atoms with Crippen molar-refractivity contribution in [2.75, 3.05) is 0 Å². The highest BCUT2D eigenvalue weighted by molar-refractivity contribution is 5.88. The number of benzene rings is 1. The monoisotopic (exact) mass is 318 g/mol. The number of hydrogen-bond donors (Lipinski definition) is 0. The van der Waals surface area contributed by atoms with Gasteiger partial charge in [0.15, 0.2) is 0 Å². The van der Waals surface area contributed by atoms with Gasteiger partial charge in [-0.1, -0.05) is 45.2 Å². The summed E-state index contributed by atoms with van der Waals surface area (Å²) < 4.78 is 0. The van der Waals surface area contributed by atoms with E-state index < -0.39 is 0 Å². The van der Waals surface area contributed by atoms with Gasteiger partial charge in [-0.15, -0.1) is 0 Å². The first-order valence-corrected chi connectivity index (χ1v) is 9.15. The first-order chi connectivity index (χ1) is 11.2. The quantitative estimate of drug-likeness (QED) is 0.362. The molecule has 0 amide bonds. The van der Waals surface area contributed by atoms with Crippen LogP contribution in [0.5, 0.6) is 0 Å². The van der Waals surface area contributed by atoms with Crippen LogP contribution in [0.4, 0.5) is 0 Å². The van der Waals surface area contributed by atoms with Crippen LogP contribution in [0.25, 0.3) is 0 Å². The lowest BCUT2D eigenvalue weighted by Gasteiger charge is -2.24. The van der Waals surface area contributed by atoms with E-state index in [0.29, 0.717) is 5.56 Å². The zero-order valence-electron chi connectivity index (χ0n) is 14.6. The first kappa shape index (κ1) is 18.0. The molecular formula is C20H30O3. The van der Waals surface area contributed by atoms with Gasteiger partial charge in [-0.3, -0.25) is 4.89 Å². The highest BCUT2D eigenvalue weighted by Gasteiger charge is 2.21. The van der Waals surface area contributed by atoms with Gasteiger partial charge in [-0.2, -0.15) is 4.89 Å². The summed E-state index contributed by atoms with van der Waals surface area (Å²) in [7, 11) is 0. The van der Waals surface area contributed by atoms with Crippen molar-refractivity contribution in [3.63, 3.8) is 0 Å². The maximum Gasteiger partial charge on any atom is 0.373 e. The summed E-state index contributed by atoms with van der Waals surface area (Å²) in [5.41, 5.74) is 1.84. The van der Waals surface area contributed by atoms with Crippen LogP contribution >= 0.6 is 0 Å². The summed E-state index contributed by atoms with van der Waals surface area (Å²) in [6.07, 6.45) is 10.4. The molecule has 2 rings (SSSR count). The van der Waals surface area contributed by atoms with Gasteiger partial charge in [0.1, 0.15) is 6.10 Å². The molecule has 0 unspecified atom stereocenters. The minimum Gasteiger partial charge on any atom is -0.293 e. The predicted octanol–water partition coefficient (Wildman–Crippen LogP) is 5.48. The van der Waals surface area contributed by atoms with Crippen LogP contribution < -0.4 is 0 Å². The van der Waals surface area contributed by atoms with Gasteiger partial charge in [-0.05, 0) is 62.1 Å². The zero-order valence-corrected chi connectivity index (χ0v) is 14.6. The molecule has 0 N–H and O–H groups in total. The van der Waals surface area contributed by atoms with Crippen molar-refractivity contribution < 1.29 is 14.6 Å². The largest absolute Gasteiger partial charge is 0.373 e. The number of carbonyl (C=O) groups is 1. The summed E-state index contributed by atoms with van der Waals surface area (Å²) in [6.45, 7) is 4.47. The van der Waals surface area contributed by atoms with E-state index in [9.17, 15) is 4.79 Å². The van der Waals surface area contributed by atoms with Gasteiger partial charge in [0.05, 0.1) is 5.56 Å². The lowest BCUT2D eigenvalue weighted by atomic mass is 9.89. The van der Waals surface area contributed by atoms with E-state index in [0.717, 1.165) is 38.0 Å². The average Bonchev–Trinajstić information content (AvgIpc) is 2.58. The van der Waals surface area contributed by atoms with Crippen molar-refractivity contribution in [2.45, 2.75) is 77.7 Å². The fraction of sp³-hybridized carbons (Fsp3) is 0.650. The second-order valence-electron chi connectivity index (χ2n) is 6.86. The summed E-state index contributed by atoms with van der Waals surface area (Å²) in [5.74, 6) is 0.372. The van der Waals surface area contributed by atoms with Crippen LogP contribution in [0.1, 0.15) is 81.1 Å². The van der Waals surface area contributed by atoms with Crippen LogP contribution in [-0.2, 0) is 16.2 Å². The minimum absolute atomic E-state index is 0.0630.